The van der Waals surface area contributed by atoms with E-state index >= 15 is 0 Å². The molecule has 0 bridgehead atoms. The Morgan fingerprint density at radius 2 is 1.79 bits per heavy atom. The molecule has 0 radical (unpaired) electrons. The van der Waals surface area contributed by atoms with Gasteiger partial charge in [0.25, 0.3) is 10.2 Å². The Balaban J connectivity index is 4.15. The van der Waals surface area contributed by atoms with Gasteiger partial charge in [0.2, 0.25) is 0 Å². The molecule has 0 heterocycles. The number of hydrogen-bond donors (Lipinski definition) is 2. The Kier molecular flexibility index (Phi) is 8.95. The summed E-state index contributed by atoms with van der Waals surface area (Å²) < 4.78 is 27.6. The second kappa shape index (κ2) is 9.28. The van der Waals surface area contributed by atoms with Crippen LogP contribution in [-0.2, 0) is 15.0 Å². The van der Waals surface area contributed by atoms with Crippen molar-refractivity contribution in [2.45, 2.75) is 46.5 Å². The van der Waals surface area contributed by atoms with Gasteiger partial charge in [0.05, 0.1) is 0 Å². The molecule has 0 fully saturated rings. The van der Waals surface area contributed by atoms with E-state index in [1.54, 1.807) is 13.8 Å². The number of carboxylic acids is 1. The molecule has 19 heavy (non-hydrogen) atoms. The molecule has 0 aromatic rings. The molecule has 0 aromatic heterocycles. The highest BCUT2D eigenvalue weighted by Gasteiger charge is 2.18. The van der Waals surface area contributed by atoms with Gasteiger partial charge in [-0.25, -0.2) is 4.72 Å². The lowest BCUT2D eigenvalue weighted by molar-refractivity contribution is -0.137. The Hall–Kier alpha value is -0.660. The highest BCUT2D eigenvalue weighted by Crippen LogP contribution is 2.14. The number of nitrogens with one attached hydrogen (secondary N) is 1. The van der Waals surface area contributed by atoms with Gasteiger partial charge < -0.3 is 5.11 Å². The van der Waals surface area contributed by atoms with Crippen LogP contribution in [0.25, 0.3) is 0 Å². The van der Waals surface area contributed by atoms with Crippen LogP contribution in [0.3, 0.4) is 0 Å². The highest BCUT2D eigenvalue weighted by molar-refractivity contribution is 7.87. The molecule has 0 aliphatic heterocycles. The molecule has 0 aliphatic rings. The molecule has 114 valence electrons. The number of carbonyl (C=O) groups is 1. The lowest BCUT2D eigenvalue weighted by atomic mass is 9.97. The van der Waals surface area contributed by atoms with E-state index in [1.165, 1.54) is 4.31 Å². The predicted molar refractivity (Wildman–Crippen MR) is 75.1 cm³/mol. The molecule has 0 rings (SSSR count). The monoisotopic (exact) mass is 294 g/mol. The summed E-state index contributed by atoms with van der Waals surface area (Å²) >= 11 is 0. The van der Waals surface area contributed by atoms with Gasteiger partial charge in [-0.3, -0.25) is 4.79 Å². The largest absolute Gasteiger partial charge is 0.481 e. The molecule has 0 spiro atoms. The maximum Gasteiger partial charge on any atom is 0.303 e. The number of nitrogens with zero attached hydrogens (tertiary/aromatic N) is 1. The van der Waals surface area contributed by atoms with Crippen molar-refractivity contribution in [3.63, 3.8) is 0 Å². The topological polar surface area (TPSA) is 86.7 Å². The number of aliphatic carboxylic acids is 1. The first-order valence-electron chi connectivity index (χ1n) is 6.83. The van der Waals surface area contributed by atoms with Gasteiger partial charge in [0, 0.05) is 26.1 Å². The normalized spacial score (nSPS) is 13.7. The number of carboxylic acid groups (broad SMARTS) is 1. The van der Waals surface area contributed by atoms with Crippen molar-refractivity contribution < 1.29 is 18.3 Å². The summed E-state index contributed by atoms with van der Waals surface area (Å²) in [5.41, 5.74) is 0. The molecule has 0 amide bonds. The van der Waals surface area contributed by atoms with Gasteiger partial charge in [0.15, 0.2) is 0 Å². The first kappa shape index (κ1) is 18.3. The number of rotatable bonds is 11. The van der Waals surface area contributed by atoms with Gasteiger partial charge in [-0.2, -0.15) is 12.7 Å². The van der Waals surface area contributed by atoms with Gasteiger partial charge >= 0.3 is 5.97 Å². The first-order chi connectivity index (χ1) is 8.87. The average Bonchev–Trinajstić information content (AvgIpc) is 2.34. The van der Waals surface area contributed by atoms with Gasteiger partial charge in [0.1, 0.15) is 0 Å². The third kappa shape index (κ3) is 7.49. The van der Waals surface area contributed by atoms with E-state index in [-0.39, 0.29) is 12.3 Å². The van der Waals surface area contributed by atoms with E-state index in [0.717, 1.165) is 6.42 Å². The Morgan fingerprint density at radius 1 is 1.21 bits per heavy atom. The van der Waals surface area contributed by atoms with Gasteiger partial charge in [-0.05, 0) is 18.8 Å². The number of hydrogen-bond acceptors (Lipinski definition) is 3. The average molecular weight is 294 g/mol. The summed E-state index contributed by atoms with van der Waals surface area (Å²) in [7, 11) is -3.39. The highest BCUT2D eigenvalue weighted by atomic mass is 32.2. The maximum absolute atomic E-state index is 11.8. The summed E-state index contributed by atoms with van der Waals surface area (Å²) in [5.74, 6) is -0.558. The molecule has 7 heteroatoms. The van der Waals surface area contributed by atoms with Crippen LogP contribution in [0.4, 0.5) is 0 Å². The minimum absolute atomic E-state index is 0.140. The van der Waals surface area contributed by atoms with E-state index in [0.29, 0.717) is 32.5 Å². The van der Waals surface area contributed by atoms with Crippen LogP contribution < -0.4 is 4.72 Å². The molecular formula is C12H26N2O4S. The van der Waals surface area contributed by atoms with Crippen molar-refractivity contribution in [1.29, 1.82) is 0 Å². The van der Waals surface area contributed by atoms with Crippen LogP contribution in [0.1, 0.15) is 46.5 Å². The lowest BCUT2D eigenvalue weighted by Crippen LogP contribution is -2.41. The molecule has 1 atom stereocenters. The minimum Gasteiger partial charge on any atom is -0.481 e. The van der Waals surface area contributed by atoms with E-state index in [4.69, 9.17) is 5.11 Å². The summed E-state index contributed by atoms with van der Waals surface area (Å²) in [6.07, 6.45) is 2.27. The van der Waals surface area contributed by atoms with Crippen molar-refractivity contribution in [2.75, 3.05) is 19.6 Å². The van der Waals surface area contributed by atoms with Crippen LogP contribution in [-0.4, -0.2) is 43.4 Å². The summed E-state index contributed by atoms with van der Waals surface area (Å²) in [6.45, 7) is 6.83. The van der Waals surface area contributed by atoms with E-state index in [2.05, 4.69) is 4.72 Å². The molecule has 1 unspecified atom stereocenters. The molecule has 0 aliphatic carbocycles. The summed E-state index contributed by atoms with van der Waals surface area (Å²) in [6, 6.07) is 0. The second-order valence-electron chi connectivity index (χ2n) is 4.48. The summed E-state index contributed by atoms with van der Waals surface area (Å²) in [5, 5.41) is 8.63. The Bertz CT molecular complexity index is 353. The van der Waals surface area contributed by atoms with Crippen LogP contribution >= 0.6 is 0 Å². The fourth-order valence-electron chi connectivity index (χ4n) is 1.93. The van der Waals surface area contributed by atoms with Crippen molar-refractivity contribution in [2.24, 2.45) is 5.92 Å². The van der Waals surface area contributed by atoms with Crippen LogP contribution in [0.15, 0.2) is 0 Å². The molecular weight excluding hydrogens is 268 g/mol. The van der Waals surface area contributed by atoms with Gasteiger partial charge in [-0.1, -0.05) is 27.2 Å². The fourth-order valence-corrected chi connectivity index (χ4v) is 3.17. The second-order valence-corrected chi connectivity index (χ2v) is 6.23. The quantitative estimate of drug-likeness (QED) is 0.604. The van der Waals surface area contributed by atoms with Crippen molar-refractivity contribution in [3.05, 3.63) is 0 Å². The molecule has 2 N–H and O–H groups in total. The molecule has 0 saturated heterocycles. The first-order valence-corrected chi connectivity index (χ1v) is 8.27. The Morgan fingerprint density at radius 3 is 2.21 bits per heavy atom. The zero-order chi connectivity index (χ0) is 14.9. The lowest BCUT2D eigenvalue weighted by Gasteiger charge is -2.20. The predicted octanol–water partition coefficient (Wildman–Crippen LogP) is 1.44. The van der Waals surface area contributed by atoms with Crippen molar-refractivity contribution in [3.8, 4) is 0 Å². The van der Waals surface area contributed by atoms with Gasteiger partial charge in [-0.15, -0.1) is 0 Å². The fraction of sp³-hybridized carbons (Fsp3) is 0.917. The van der Waals surface area contributed by atoms with E-state index < -0.39 is 16.2 Å². The van der Waals surface area contributed by atoms with Crippen LogP contribution in [0.5, 0.6) is 0 Å². The maximum atomic E-state index is 11.8. The SMILES string of the molecule is CCC(CCNS(=O)(=O)N(CC)CC)CCC(=O)O. The molecule has 0 aromatic carbocycles. The van der Waals surface area contributed by atoms with Crippen LogP contribution in [0, 0.1) is 5.92 Å². The third-order valence-corrected chi connectivity index (χ3v) is 4.99. The molecule has 6 nitrogen and oxygen atoms in total. The van der Waals surface area contributed by atoms with Crippen molar-refractivity contribution >= 4 is 16.2 Å². The van der Waals surface area contributed by atoms with E-state index in [9.17, 15) is 13.2 Å². The standard InChI is InChI=1S/C12H26N2O4S/c1-4-11(7-8-12(15)16)9-10-13-19(17,18)14(5-2)6-3/h11,13H,4-10H2,1-3H3,(H,15,16). The Labute approximate surface area is 116 Å². The van der Waals surface area contributed by atoms with E-state index in [1.807, 2.05) is 6.92 Å². The molecule has 0 saturated carbocycles. The zero-order valence-electron chi connectivity index (χ0n) is 12.1. The smallest absolute Gasteiger partial charge is 0.303 e. The van der Waals surface area contributed by atoms with Crippen molar-refractivity contribution in [1.82, 2.24) is 9.03 Å². The van der Waals surface area contributed by atoms with Crippen LogP contribution in [0.2, 0.25) is 0 Å². The zero-order valence-corrected chi connectivity index (χ0v) is 12.9. The summed E-state index contributed by atoms with van der Waals surface area (Å²) in [4.78, 5) is 10.5. The minimum atomic E-state index is -3.39. The third-order valence-electron chi connectivity index (χ3n) is 3.23.